The molecule has 64 valence electrons. The second kappa shape index (κ2) is 6.80. The molecular formula is C10H13NS. The van der Waals surface area contributed by atoms with Gasteiger partial charge in [-0.05, 0) is 36.1 Å². The molecule has 2 heterocycles. The molecule has 2 rings (SSSR count). The third-order valence-corrected chi connectivity index (χ3v) is 2.02. The summed E-state index contributed by atoms with van der Waals surface area (Å²) >= 11 is 1.73. The van der Waals surface area contributed by atoms with Gasteiger partial charge in [-0.1, -0.05) is 24.3 Å². The van der Waals surface area contributed by atoms with Crippen molar-refractivity contribution in [3.63, 3.8) is 0 Å². The van der Waals surface area contributed by atoms with Gasteiger partial charge in [0.1, 0.15) is 0 Å². The lowest BCUT2D eigenvalue weighted by atomic mass is 10.4. The Kier molecular flexibility index (Phi) is 5.21. The Morgan fingerprint density at radius 1 is 0.833 bits per heavy atom. The first-order valence-corrected chi connectivity index (χ1v) is 4.96. The molecule has 0 unspecified atom stereocenters. The molecule has 0 atom stereocenters. The number of nitrogens with one attached hydrogen (secondary N) is 1. The molecule has 0 radical (unpaired) electrons. The van der Waals surface area contributed by atoms with Crippen LogP contribution < -0.4 is 5.32 Å². The number of hydrogen-bond acceptors (Lipinski definition) is 2. The summed E-state index contributed by atoms with van der Waals surface area (Å²) in [6.45, 7) is 0. The molecule has 0 aromatic rings. The number of dihydropyridines is 1. The summed E-state index contributed by atoms with van der Waals surface area (Å²) in [6, 6.07) is 0. The Bertz CT molecular complexity index is 150. The van der Waals surface area contributed by atoms with Crippen LogP contribution in [0.2, 0.25) is 0 Å². The van der Waals surface area contributed by atoms with E-state index < -0.39 is 0 Å². The van der Waals surface area contributed by atoms with E-state index in [4.69, 9.17) is 0 Å². The van der Waals surface area contributed by atoms with E-state index in [1.807, 2.05) is 12.4 Å². The first-order chi connectivity index (χ1) is 6.00. The fourth-order valence-electron chi connectivity index (χ4n) is 0.752. The van der Waals surface area contributed by atoms with Crippen molar-refractivity contribution in [3.8, 4) is 0 Å². The van der Waals surface area contributed by atoms with Crippen LogP contribution in [0.3, 0.4) is 0 Å². The van der Waals surface area contributed by atoms with E-state index >= 15 is 0 Å². The van der Waals surface area contributed by atoms with Crippen molar-refractivity contribution in [2.24, 2.45) is 0 Å². The summed E-state index contributed by atoms with van der Waals surface area (Å²) in [4.78, 5) is 0. The van der Waals surface area contributed by atoms with Crippen LogP contribution in [0.1, 0.15) is 12.8 Å². The molecule has 0 aliphatic carbocycles. The maximum Gasteiger partial charge on any atom is -0.00326 e. The Balaban J connectivity index is 0.000000120. The maximum atomic E-state index is 2.92. The van der Waals surface area contributed by atoms with Gasteiger partial charge in [0, 0.05) is 0 Å². The van der Waals surface area contributed by atoms with Crippen LogP contribution in [0, 0.1) is 0 Å². The van der Waals surface area contributed by atoms with E-state index in [-0.39, 0.29) is 0 Å². The molecule has 2 heteroatoms. The zero-order valence-corrected chi connectivity index (χ0v) is 7.76. The number of hydrogen-bond donors (Lipinski definition) is 1. The zero-order chi connectivity index (χ0) is 8.49. The lowest BCUT2D eigenvalue weighted by Crippen LogP contribution is -1.93. The van der Waals surface area contributed by atoms with Gasteiger partial charge in [0.2, 0.25) is 0 Å². The van der Waals surface area contributed by atoms with Crippen molar-refractivity contribution < 1.29 is 0 Å². The molecular weight excluding hydrogens is 166 g/mol. The predicted octanol–water partition coefficient (Wildman–Crippen LogP) is 3.16. The monoisotopic (exact) mass is 179 g/mol. The minimum absolute atomic E-state index is 1.08. The van der Waals surface area contributed by atoms with Gasteiger partial charge in [-0.2, -0.15) is 0 Å². The molecule has 0 saturated carbocycles. The molecule has 1 N–H and O–H groups in total. The van der Waals surface area contributed by atoms with Gasteiger partial charge < -0.3 is 5.32 Å². The van der Waals surface area contributed by atoms with Gasteiger partial charge in [0.05, 0.1) is 0 Å². The molecule has 12 heavy (non-hydrogen) atoms. The minimum Gasteiger partial charge on any atom is -0.368 e. The fourth-order valence-corrected chi connectivity index (χ4v) is 1.29. The molecule has 0 amide bonds. The lowest BCUT2D eigenvalue weighted by Gasteiger charge is -1.92. The van der Waals surface area contributed by atoms with E-state index in [1.54, 1.807) is 11.8 Å². The smallest absolute Gasteiger partial charge is 0.00326 e. The van der Waals surface area contributed by atoms with Crippen molar-refractivity contribution in [1.82, 2.24) is 5.32 Å². The van der Waals surface area contributed by atoms with Crippen molar-refractivity contribution in [2.75, 3.05) is 0 Å². The third-order valence-electron chi connectivity index (χ3n) is 1.32. The SMILES string of the molecule is C1=CNC=CC1.C1=CSC=CC1. The van der Waals surface area contributed by atoms with E-state index in [2.05, 4.69) is 40.4 Å². The third kappa shape index (κ3) is 4.85. The average Bonchev–Trinajstić information content (AvgIpc) is 2.24. The van der Waals surface area contributed by atoms with Crippen molar-refractivity contribution >= 4 is 11.8 Å². The molecule has 0 bridgehead atoms. The fraction of sp³-hybridized carbons (Fsp3) is 0.200. The maximum absolute atomic E-state index is 2.92. The predicted molar refractivity (Wildman–Crippen MR) is 56.5 cm³/mol. The highest BCUT2D eigenvalue weighted by molar-refractivity contribution is 8.04. The van der Waals surface area contributed by atoms with Gasteiger partial charge >= 0.3 is 0 Å². The first kappa shape index (κ1) is 9.20. The number of rotatable bonds is 0. The Morgan fingerprint density at radius 3 is 1.58 bits per heavy atom. The van der Waals surface area contributed by atoms with Gasteiger partial charge in [0.25, 0.3) is 0 Å². The van der Waals surface area contributed by atoms with Crippen LogP contribution >= 0.6 is 11.8 Å². The summed E-state index contributed by atoms with van der Waals surface area (Å²) in [5, 5.41) is 7.12. The minimum atomic E-state index is 1.08. The van der Waals surface area contributed by atoms with E-state index in [9.17, 15) is 0 Å². The second-order valence-corrected chi connectivity index (χ2v) is 3.14. The van der Waals surface area contributed by atoms with Crippen molar-refractivity contribution in [3.05, 3.63) is 47.5 Å². The van der Waals surface area contributed by atoms with Crippen LogP contribution in [0.5, 0.6) is 0 Å². The highest BCUT2D eigenvalue weighted by Crippen LogP contribution is 2.09. The summed E-state index contributed by atoms with van der Waals surface area (Å²) in [6.07, 6.45) is 14.5. The first-order valence-electron chi connectivity index (χ1n) is 4.02. The standard InChI is InChI=1S/C5H7N.C5H6S/c2*1-2-4-6-5-3-1/h2-6H,1H2;2-5H,1H2. The van der Waals surface area contributed by atoms with Gasteiger partial charge in [-0.25, -0.2) is 0 Å². The Hall–Kier alpha value is -0.890. The Morgan fingerprint density at radius 2 is 1.42 bits per heavy atom. The summed E-state index contributed by atoms with van der Waals surface area (Å²) in [5.41, 5.74) is 0. The Labute approximate surface area is 77.9 Å². The molecule has 0 aromatic heterocycles. The highest BCUT2D eigenvalue weighted by atomic mass is 32.2. The molecule has 2 aliphatic rings. The molecule has 1 nitrogen and oxygen atoms in total. The van der Waals surface area contributed by atoms with Crippen molar-refractivity contribution in [2.45, 2.75) is 12.8 Å². The zero-order valence-electron chi connectivity index (χ0n) is 6.94. The van der Waals surface area contributed by atoms with Crippen LogP contribution in [0.25, 0.3) is 0 Å². The normalized spacial score (nSPS) is 18.0. The largest absolute Gasteiger partial charge is 0.368 e. The van der Waals surface area contributed by atoms with Gasteiger partial charge in [-0.3, -0.25) is 0 Å². The van der Waals surface area contributed by atoms with E-state index in [0.717, 1.165) is 12.8 Å². The van der Waals surface area contributed by atoms with Crippen LogP contribution in [-0.4, -0.2) is 0 Å². The topological polar surface area (TPSA) is 12.0 Å². The van der Waals surface area contributed by atoms with E-state index in [1.165, 1.54) is 0 Å². The summed E-state index contributed by atoms with van der Waals surface area (Å²) in [7, 11) is 0. The molecule has 0 fully saturated rings. The average molecular weight is 179 g/mol. The van der Waals surface area contributed by atoms with E-state index in [0.29, 0.717) is 0 Å². The molecule has 0 aromatic carbocycles. The lowest BCUT2D eigenvalue weighted by molar-refractivity contribution is 1.11. The summed E-state index contributed by atoms with van der Waals surface area (Å²) in [5.74, 6) is 0. The van der Waals surface area contributed by atoms with Crippen molar-refractivity contribution in [1.29, 1.82) is 0 Å². The highest BCUT2D eigenvalue weighted by Gasteiger charge is 1.76. The summed E-state index contributed by atoms with van der Waals surface area (Å²) < 4.78 is 0. The number of thioether (sulfide) groups is 1. The van der Waals surface area contributed by atoms with Crippen LogP contribution in [0.4, 0.5) is 0 Å². The second-order valence-electron chi connectivity index (χ2n) is 2.32. The van der Waals surface area contributed by atoms with Gasteiger partial charge in [-0.15, -0.1) is 11.8 Å². The molecule has 0 saturated heterocycles. The number of allylic oxidation sites excluding steroid dienone is 4. The van der Waals surface area contributed by atoms with Crippen LogP contribution in [-0.2, 0) is 0 Å². The molecule has 2 aliphatic heterocycles. The van der Waals surface area contributed by atoms with Crippen LogP contribution in [0.15, 0.2) is 47.5 Å². The molecule has 0 spiro atoms. The van der Waals surface area contributed by atoms with Gasteiger partial charge in [0.15, 0.2) is 0 Å². The quantitative estimate of drug-likeness (QED) is 0.613.